The summed E-state index contributed by atoms with van der Waals surface area (Å²) in [5, 5.41) is 0. The molecule has 6 nitrogen and oxygen atoms in total. The quantitative estimate of drug-likeness (QED) is 0.864. The lowest BCUT2D eigenvalue weighted by molar-refractivity contribution is 0.0769. The van der Waals surface area contributed by atoms with Crippen molar-refractivity contribution in [3.05, 3.63) is 47.5 Å². The molecule has 3 heterocycles. The molecule has 3 rings (SSSR count). The third kappa shape index (κ3) is 3.21. The van der Waals surface area contributed by atoms with Crippen LogP contribution < -0.4 is 4.74 Å². The van der Waals surface area contributed by atoms with Gasteiger partial charge in [0.2, 0.25) is 0 Å². The molecule has 6 heteroatoms. The number of hydrogen-bond acceptors (Lipinski definition) is 5. The summed E-state index contributed by atoms with van der Waals surface area (Å²) in [6, 6.07) is 5.74. The molecular formula is C16H18N4O2. The molecule has 1 aliphatic heterocycles. The normalized spacial score (nSPS) is 17.5. The summed E-state index contributed by atoms with van der Waals surface area (Å²) in [5.74, 6) is 0.00911. The maximum Gasteiger partial charge on any atom is 0.317 e. The molecule has 114 valence electrons. The monoisotopic (exact) mass is 298 g/mol. The summed E-state index contributed by atoms with van der Waals surface area (Å²) >= 11 is 0. The van der Waals surface area contributed by atoms with E-state index in [4.69, 9.17) is 4.74 Å². The van der Waals surface area contributed by atoms with E-state index < -0.39 is 0 Å². The van der Waals surface area contributed by atoms with Gasteiger partial charge in [0, 0.05) is 42.3 Å². The third-order valence-electron chi connectivity index (χ3n) is 3.59. The number of nitrogens with zero attached hydrogens (tertiary/aromatic N) is 4. The molecular weight excluding hydrogens is 280 g/mol. The van der Waals surface area contributed by atoms with Crippen molar-refractivity contribution in [3.63, 3.8) is 0 Å². The molecule has 0 radical (unpaired) electrons. The Morgan fingerprint density at radius 3 is 2.59 bits per heavy atom. The van der Waals surface area contributed by atoms with Gasteiger partial charge < -0.3 is 9.64 Å². The highest BCUT2D eigenvalue weighted by molar-refractivity contribution is 5.94. The van der Waals surface area contributed by atoms with Crippen molar-refractivity contribution in [2.45, 2.75) is 26.4 Å². The van der Waals surface area contributed by atoms with Crippen molar-refractivity contribution in [3.8, 4) is 6.01 Å². The molecule has 22 heavy (non-hydrogen) atoms. The first-order valence-corrected chi connectivity index (χ1v) is 7.30. The summed E-state index contributed by atoms with van der Waals surface area (Å²) in [6.07, 6.45) is 3.97. The zero-order chi connectivity index (χ0) is 15.5. The standard InChI is InChI=1S/C16H18N4O2/c1-11-9-12(2)19-16(18-11)22-14-5-8-20(10-14)15(21)13-3-6-17-7-4-13/h3-4,6-7,9,14H,5,8,10H2,1-2H3/t14-/m1/s1. The first kappa shape index (κ1) is 14.4. The first-order valence-electron chi connectivity index (χ1n) is 7.30. The van der Waals surface area contributed by atoms with E-state index in [1.54, 1.807) is 29.4 Å². The van der Waals surface area contributed by atoms with E-state index >= 15 is 0 Å². The lowest BCUT2D eigenvalue weighted by Crippen LogP contribution is -2.31. The molecule has 1 amide bonds. The van der Waals surface area contributed by atoms with E-state index in [9.17, 15) is 4.79 Å². The van der Waals surface area contributed by atoms with Crippen molar-refractivity contribution >= 4 is 5.91 Å². The van der Waals surface area contributed by atoms with Crippen LogP contribution in [0.1, 0.15) is 28.2 Å². The van der Waals surface area contributed by atoms with Crippen molar-refractivity contribution in [1.29, 1.82) is 0 Å². The van der Waals surface area contributed by atoms with Crippen LogP contribution in [-0.2, 0) is 0 Å². The highest BCUT2D eigenvalue weighted by Crippen LogP contribution is 2.18. The fraction of sp³-hybridized carbons (Fsp3) is 0.375. The van der Waals surface area contributed by atoms with Gasteiger partial charge in [0.25, 0.3) is 5.91 Å². The molecule has 1 aliphatic rings. The van der Waals surface area contributed by atoms with Crippen LogP contribution in [0.4, 0.5) is 0 Å². The van der Waals surface area contributed by atoms with Crippen molar-refractivity contribution in [1.82, 2.24) is 19.9 Å². The summed E-state index contributed by atoms with van der Waals surface area (Å²) in [6.45, 7) is 5.05. The molecule has 2 aromatic heterocycles. The van der Waals surface area contributed by atoms with Gasteiger partial charge in [-0.05, 0) is 32.0 Å². The third-order valence-corrected chi connectivity index (χ3v) is 3.59. The molecule has 0 aromatic carbocycles. The van der Waals surface area contributed by atoms with Crippen LogP contribution in [0.5, 0.6) is 6.01 Å². The second-order valence-electron chi connectivity index (χ2n) is 5.45. The second-order valence-corrected chi connectivity index (χ2v) is 5.45. The largest absolute Gasteiger partial charge is 0.458 e. The Morgan fingerprint density at radius 2 is 1.91 bits per heavy atom. The van der Waals surface area contributed by atoms with Crippen LogP contribution in [0, 0.1) is 13.8 Å². The molecule has 0 bridgehead atoms. The number of carbonyl (C=O) groups excluding carboxylic acids is 1. The van der Waals surface area contributed by atoms with Crippen LogP contribution in [0.2, 0.25) is 0 Å². The van der Waals surface area contributed by atoms with Gasteiger partial charge in [0.1, 0.15) is 6.10 Å². The number of amides is 1. The minimum absolute atomic E-state index is 0.00911. The van der Waals surface area contributed by atoms with E-state index in [0.29, 0.717) is 24.7 Å². The minimum Gasteiger partial charge on any atom is -0.458 e. The average molecular weight is 298 g/mol. The van der Waals surface area contributed by atoms with Crippen LogP contribution in [0.3, 0.4) is 0 Å². The maximum atomic E-state index is 12.4. The predicted molar refractivity (Wildman–Crippen MR) is 80.7 cm³/mol. The molecule has 1 atom stereocenters. The smallest absolute Gasteiger partial charge is 0.317 e. The van der Waals surface area contributed by atoms with Gasteiger partial charge in [-0.25, -0.2) is 9.97 Å². The molecule has 1 saturated heterocycles. The Balaban J connectivity index is 1.64. The Labute approximate surface area is 129 Å². The lowest BCUT2D eigenvalue weighted by atomic mass is 10.2. The summed E-state index contributed by atoms with van der Waals surface area (Å²) in [4.78, 5) is 26.6. The van der Waals surface area contributed by atoms with E-state index in [-0.39, 0.29) is 12.0 Å². The fourth-order valence-corrected chi connectivity index (χ4v) is 2.58. The molecule has 0 aliphatic carbocycles. The number of rotatable bonds is 3. The van der Waals surface area contributed by atoms with Gasteiger partial charge in [-0.3, -0.25) is 9.78 Å². The van der Waals surface area contributed by atoms with Gasteiger partial charge in [-0.15, -0.1) is 0 Å². The van der Waals surface area contributed by atoms with Gasteiger partial charge in [-0.2, -0.15) is 0 Å². The van der Waals surface area contributed by atoms with Gasteiger partial charge in [0.15, 0.2) is 0 Å². The van der Waals surface area contributed by atoms with Gasteiger partial charge >= 0.3 is 6.01 Å². The lowest BCUT2D eigenvalue weighted by Gasteiger charge is -2.16. The minimum atomic E-state index is -0.0630. The van der Waals surface area contributed by atoms with Crippen molar-refractivity contribution in [2.24, 2.45) is 0 Å². The van der Waals surface area contributed by atoms with Crippen molar-refractivity contribution < 1.29 is 9.53 Å². The molecule has 0 spiro atoms. The molecule has 2 aromatic rings. The summed E-state index contributed by atoms with van der Waals surface area (Å²) < 4.78 is 5.82. The summed E-state index contributed by atoms with van der Waals surface area (Å²) in [5.41, 5.74) is 2.41. The van der Waals surface area contributed by atoms with Crippen LogP contribution in [-0.4, -0.2) is 45.0 Å². The Kier molecular flexibility index (Phi) is 4.00. The number of pyridine rings is 1. The zero-order valence-corrected chi connectivity index (χ0v) is 12.7. The number of aromatic nitrogens is 3. The Hall–Kier alpha value is -2.50. The Morgan fingerprint density at radius 1 is 1.23 bits per heavy atom. The SMILES string of the molecule is Cc1cc(C)nc(O[C@@H]2CCN(C(=O)c3ccncc3)C2)n1. The highest BCUT2D eigenvalue weighted by Gasteiger charge is 2.28. The fourth-order valence-electron chi connectivity index (χ4n) is 2.58. The number of aryl methyl sites for hydroxylation is 2. The number of likely N-dealkylation sites (tertiary alicyclic amines) is 1. The van der Waals surface area contributed by atoms with Gasteiger partial charge in [0.05, 0.1) is 6.54 Å². The topological polar surface area (TPSA) is 68.2 Å². The first-order chi connectivity index (χ1) is 10.6. The van der Waals surface area contributed by atoms with E-state index in [1.807, 2.05) is 19.9 Å². The maximum absolute atomic E-state index is 12.4. The zero-order valence-electron chi connectivity index (χ0n) is 12.7. The number of ether oxygens (including phenoxy) is 1. The average Bonchev–Trinajstić information content (AvgIpc) is 2.95. The number of hydrogen-bond donors (Lipinski definition) is 0. The van der Waals surface area contributed by atoms with Crippen LogP contribution >= 0.6 is 0 Å². The molecule has 0 N–H and O–H groups in total. The molecule has 0 unspecified atom stereocenters. The predicted octanol–water partition coefficient (Wildman–Crippen LogP) is 1.78. The van der Waals surface area contributed by atoms with Crippen molar-refractivity contribution in [2.75, 3.05) is 13.1 Å². The number of carbonyl (C=O) groups is 1. The van der Waals surface area contributed by atoms with E-state index in [0.717, 1.165) is 17.8 Å². The Bertz CT molecular complexity index is 655. The highest BCUT2D eigenvalue weighted by atomic mass is 16.5. The van der Waals surface area contributed by atoms with Gasteiger partial charge in [-0.1, -0.05) is 0 Å². The second kappa shape index (κ2) is 6.09. The van der Waals surface area contributed by atoms with E-state index in [2.05, 4.69) is 15.0 Å². The molecule has 0 saturated carbocycles. The summed E-state index contributed by atoms with van der Waals surface area (Å²) in [7, 11) is 0. The van der Waals surface area contributed by atoms with E-state index in [1.165, 1.54) is 0 Å². The van der Waals surface area contributed by atoms with Crippen LogP contribution in [0.25, 0.3) is 0 Å². The van der Waals surface area contributed by atoms with Crippen LogP contribution in [0.15, 0.2) is 30.6 Å². The molecule has 1 fully saturated rings.